The monoisotopic (exact) mass is 207 g/mol. The summed E-state index contributed by atoms with van der Waals surface area (Å²) in [5.41, 5.74) is 0. The molecule has 1 aromatic rings. The van der Waals surface area contributed by atoms with Crippen molar-refractivity contribution in [1.82, 2.24) is 10.3 Å². The lowest BCUT2D eigenvalue weighted by Crippen LogP contribution is -2.19. The molecule has 2 heterocycles. The summed E-state index contributed by atoms with van der Waals surface area (Å²) in [6, 6.07) is 3.04. The fraction of sp³-hybridized carbons (Fsp3) is 0.545. The molecule has 3 rings (SSSR count). The quantitative estimate of drug-likeness (QED) is 0.779. The first kappa shape index (κ1) is 9.09. The lowest BCUT2D eigenvalue weighted by Gasteiger charge is -2.07. The van der Waals surface area contributed by atoms with E-state index in [1.165, 1.54) is 6.07 Å². The fourth-order valence-electron chi connectivity index (χ4n) is 2.58. The van der Waals surface area contributed by atoms with Gasteiger partial charge in [-0.15, -0.1) is 0 Å². The molecule has 1 saturated carbocycles. The number of hydrogen-bond acceptors (Lipinski definition) is 3. The van der Waals surface area contributed by atoms with E-state index in [0.29, 0.717) is 11.7 Å². The van der Waals surface area contributed by atoms with Crippen LogP contribution in [0.5, 0.6) is 0 Å². The molecule has 15 heavy (non-hydrogen) atoms. The van der Waals surface area contributed by atoms with Crippen molar-refractivity contribution in [3.8, 4) is 0 Å². The molecule has 0 aromatic carbocycles. The Bertz CT molecular complexity index is 359. The molecule has 0 bridgehead atoms. The SMILES string of the molecule is Fc1cccnc1NCC1C2CNCC21. The Morgan fingerprint density at radius 2 is 2.27 bits per heavy atom. The molecule has 1 saturated heterocycles. The third-order valence-corrected chi connectivity index (χ3v) is 3.53. The number of anilines is 1. The molecule has 4 heteroatoms. The van der Waals surface area contributed by atoms with Crippen LogP contribution < -0.4 is 10.6 Å². The van der Waals surface area contributed by atoms with Crippen LogP contribution in [-0.4, -0.2) is 24.6 Å². The van der Waals surface area contributed by atoms with Gasteiger partial charge >= 0.3 is 0 Å². The molecule has 3 nitrogen and oxygen atoms in total. The van der Waals surface area contributed by atoms with Gasteiger partial charge in [-0.25, -0.2) is 9.37 Å². The second-order valence-electron chi connectivity index (χ2n) is 4.36. The van der Waals surface area contributed by atoms with E-state index in [2.05, 4.69) is 15.6 Å². The summed E-state index contributed by atoms with van der Waals surface area (Å²) >= 11 is 0. The Morgan fingerprint density at radius 1 is 1.47 bits per heavy atom. The van der Waals surface area contributed by atoms with Crippen molar-refractivity contribution < 1.29 is 4.39 Å². The Morgan fingerprint density at radius 3 is 3.00 bits per heavy atom. The second kappa shape index (κ2) is 3.45. The Kier molecular flexibility index (Phi) is 2.09. The molecule has 2 atom stereocenters. The number of pyridine rings is 1. The molecule has 2 fully saturated rings. The summed E-state index contributed by atoms with van der Waals surface area (Å²) < 4.78 is 13.2. The van der Waals surface area contributed by atoms with Gasteiger partial charge in [-0.2, -0.15) is 0 Å². The minimum atomic E-state index is -0.263. The third-order valence-electron chi connectivity index (χ3n) is 3.53. The van der Waals surface area contributed by atoms with Gasteiger partial charge in [0.25, 0.3) is 0 Å². The average Bonchev–Trinajstić information content (AvgIpc) is 2.71. The number of halogens is 1. The van der Waals surface area contributed by atoms with Gasteiger partial charge in [0.05, 0.1) is 0 Å². The van der Waals surface area contributed by atoms with Crippen molar-refractivity contribution in [2.24, 2.45) is 17.8 Å². The summed E-state index contributed by atoms with van der Waals surface area (Å²) in [6.07, 6.45) is 1.61. The molecule has 2 aliphatic rings. The number of rotatable bonds is 3. The van der Waals surface area contributed by atoms with Crippen LogP contribution in [0.4, 0.5) is 10.2 Å². The lowest BCUT2D eigenvalue weighted by atomic mass is 10.3. The Hall–Kier alpha value is -1.16. The molecule has 1 aromatic heterocycles. The van der Waals surface area contributed by atoms with Gasteiger partial charge in [0.15, 0.2) is 11.6 Å². The number of nitrogens with zero attached hydrogens (tertiary/aromatic N) is 1. The molecule has 80 valence electrons. The lowest BCUT2D eigenvalue weighted by molar-refractivity contribution is 0.602. The largest absolute Gasteiger partial charge is 0.367 e. The van der Waals surface area contributed by atoms with Gasteiger partial charge in [0.1, 0.15) is 0 Å². The first-order chi connectivity index (χ1) is 7.36. The predicted octanol–water partition coefficient (Wildman–Crippen LogP) is 1.10. The number of nitrogens with one attached hydrogen (secondary N) is 2. The van der Waals surface area contributed by atoms with Crippen LogP contribution in [0.15, 0.2) is 18.3 Å². The number of piperidine rings is 1. The van der Waals surface area contributed by atoms with Crippen LogP contribution in [-0.2, 0) is 0 Å². The standard InChI is InChI=1S/C11H14FN3/c12-10-2-1-3-14-11(10)15-6-9-7-4-13-5-8(7)9/h1-3,7-9,13H,4-6H2,(H,14,15). The average molecular weight is 207 g/mol. The Labute approximate surface area is 88.1 Å². The van der Waals surface area contributed by atoms with Gasteiger partial charge in [0.2, 0.25) is 0 Å². The molecule has 2 unspecified atom stereocenters. The maximum atomic E-state index is 13.2. The van der Waals surface area contributed by atoms with E-state index in [4.69, 9.17) is 0 Å². The summed E-state index contributed by atoms with van der Waals surface area (Å²) in [4.78, 5) is 3.97. The van der Waals surface area contributed by atoms with Crippen LogP contribution in [0, 0.1) is 23.6 Å². The van der Waals surface area contributed by atoms with Crippen molar-refractivity contribution in [3.05, 3.63) is 24.1 Å². The summed E-state index contributed by atoms with van der Waals surface area (Å²) in [7, 11) is 0. The fourth-order valence-corrected chi connectivity index (χ4v) is 2.58. The first-order valence-corrected chi connectivity index (χ1v) is 5.41. The molecule has 2 N–H and O–H groups in total. The number of fused-ring (bicyclic) bond motifs is 1. The molecule has 1 aliphatic heterocycles. The smallest absolute Gasteiger partial charge is 0.165 e. The molecule has 0 spiro atoms. The molecule has 1 aliphatic carbocycles. The van der Waals surface area contributed by atoms with Gasteiger partial charge in [-0.05, 0) is 43.0 Å². The zero-order chi connectivity index (χ0) is 10.3. The Balaban J connectivity index is 1.57. The number of hydrogen-bond donors (Lipinski definition) is 2. The zero-order valence-electron chi connectivity index (χ0n) is 8.41. The number of aromatic nitrogens is 1. The molecule has 0 amide bonds. The topological polar surface area (TPSA) is 37.0 Å². The highest BCUT2D eigenvalue weighted by atomic mass is 19.1. The van der Waals surface area contributed by atoms with E-state index in [-0.39, 0.29) is 5.82 Å². The highest BCUT2D eigenvalue weighted by molar-refractivity contribution is 5.36. The van der Waals surface area contributed by atoms with E-state index in [1.807, 2.05) is 0 Å². The second-order valence-corrected chi connectivity index (χ2v) is 4.36. The van der Waals surface area contributed by atoms with Crippen LogP contribution in [0.1, 0.15) is 0 Å². The van der Waals surface area contributed by atoms with E-state index in [9.17, 15) is 4.39 Å². The molecular formula is C11H14FN3. The predicted molar refractivity (Wildman–Crippen MR) is 56.0 cm³/mol. The highest BCUT2D eigenvalue weighted by Gasteiger charge is 2.52. The van der Waals surface area contributed by atoms with Gasteiger partial charge in [-0.1, -0.05) is 0 Å². The van der Waals surface area contributed by atoms with Crippen LogP contribution >= 0.6 is 0 Å². The van der Waals surface area contributed by atoms with Gasteiger partial charge in [-0.3, -0.25) is 0 Å². The van der Waals surface area contributed by atoms with Gasteiger partial charge in [0, 0.05) is 12.7 Å². The molecule has 0 radical (unpaired) electrons. The van der Waals surface area contributed by atoms with Crippen molar-refractivity contribution in [3.63, 3.8) is 0 Å². The van der Waals surface area contributed by atoms with E-state index < -0.39 is 0 Å². The van der Waals surface area contributed by atoms with Crippen molar-refractivity contribution in [1.29, 1.82) is 0 Å². The summed E-state index contributed by atoms with van der Waals surface area (Å²) in [5.74, 6) is 2.46. The summed E-state index contributed by atoms with van der Waals surface area (Å²) in [5, 5.41) is 6.43. The van der Waals surface area contributed by atoms with Crippen LogP contribution in [0.3, 0.4) is 0 Å². The maximum absolute atomic E-state index is 13.2. The summed E-state index contributed by atoms with van der Waals surface area (Å²) in [6.45, 7) is 3.11. The van der Waals surface area contributed by atoms with Crippen LogP contribution in [0.2, 0.25) is 0 Å². The van der Waals surface area contributed by atoms with E-state index in [1.54, 1.807) is 12.3 Å². The van der Waals surface area contributed by atoms with Crippen molar-refractivity contribution in [2.45, 2.75) is 0 Å². The molecular weight excluding hydrogens is 193 g/mol. The van der Waals surface area contributed by atoms with Crippen molar-refractivity contribution >= 4 is 5.82 Å². The minimum Gasteiger partial charge on any atom is -0.367 e. The zero-order valence-corrected chi connectivity index (χ0v) is 8.41. The normalized spacial score (nSPS) is 32.5. The van der Waals surface area contributed by atoms with Crippen LogP contribution in [0.25, 0.3) is 0 Å². The van der Waals surface area contributed by atoms with Gasteiger partial charge < -0.3 is 10.6 Å². The van der Waals surface area contributed by atoms with E-state index in [0.717, 1.165) is 31.5 Å². The highest BCUT2D eigenvalue weighted by Crippen LogP contribution is 2.48. The minimum absolute atomic E-state index is 0.263. The van der Waals surface area contributed by atoms with Crippen molar-refractivity contribution in [2.75, 3.05) is 25.0 Å². The third kappa shape index (κ3) is 1.59. The maximum Gasteiger partial charge on any atom is 0.165 e. The van der Waals surface area contributed by atoms with E-state index >= 15 is 0 Å². The first-order valence-electron chi connectivity index (χ1n) is 5.41.